The van der Waals surface area contributed by atoms with Crippen molar-refractivity contribution in [1.29, 1.82) is 0 Å². The average molecular weight is 276 g/mol. The van der Waals surface area contributed by atoms with Gasteiger partial charge in [0.1, 0.15) is 0 Å². The zero-order chi connectivity index (χ0) is 14.4. The number of nitrogens with zero attached hydrogens (tertiary/aromatic N) is 3. The topological polar surface area (TPSA) is 33.1 Å². The maximum absolute atomic E-state index is 4.42. The van der Waals surface area contributed by atoms with E-state index in [0.29, 0.717) is 5.54 Å². The Morgan fingerprint density at radius 2 is 2.10 bits per heavy atom. The summed E-state index contributed by atoms with van der Waals surface area (Å²) in [6, 6.07) is 0. The van der Waals surface area contributed by atoms with E-state index in [0.717, 1.165) is 32.1 Å². The summed E-state index contributed by atoms with van der Waals surface area (Å²) in [6.07, 6.45) is 7.01. The Morgan fingerprint density at radius 3 is 2.70 bits per heavy atom. The van der Waals surface area contributed by atoms with Gasteiger partial charge in [-0.25, -0.2) is 0 Å². The SMILES string of the molecule is CCn1cc(CN2CC(C)(C)NCC2(C)C2CC2)cn1. The molecule has 20 heavy (non-hydrogen) atoms. The van der Waals surface area contributed by atoms with Crippen molar-refractivity contribution in [1.82, 2.24) is 20.0 Å². The Morgan fingerprint density at radius 1 is 1.35 bits per heavy atom. The minimum atomic E-state index is 0.204. The molecule has 112 valence electrons. The number of hydrogen-bond acceptors (Lipinski definition) is 3. The van der Waals surface area contributed by atoms with Crippen LogP contribution in [-0.4, -0.2) is 38.8 Å². The van der Waals surface area contributed by atoms with Crippen LogP contribution in [0, 0.1) is 5.92 Å². The van der Waals surface area contributed by atoms with Gasteiger partial charge in [-0.15, -0.1) is 0 Å². The van der Waals surface area contributed by atoms with Gasteiger partial charge in [-0.05, 0) is 46.5 Å². The second-order valence-corrected chi connectivity index (χ2v) is 7.43. The summed E-state index contributed by atoms with van der Waals surface area (Å²) in [4.78, 5) is 2.69. The molecule has 3 rings (SSSR count). The molecule has 1 aromatic rings. The molecule has 2 aliphatic rings. The van der Waals surface area contributed by atoms with Crippen LogP contribution in [-0.2, 0) is 13.1 Å². The van der Waals surface area contributed by atoms with Crippen molar-refractivity contribution in [2.75, 3.05) is 13.1 Å². The van der Waals surface area contributed by atoms with E-state index in [4.69, 9.17) is 0 Å². The molecule has 4 heteroatoms. The highest BCUT2D eigenvalue weighted by molar-refractivity contribution is 5.11. The van der Waals surface area contributed by atoms with Crippen molar-refractivity contribution >= 4 is 0 Å². The lowest BCUT2D eigenvalue weighted by Crippen LogP contribution is -2.67. The van der Waals surface area contributed by atoms with Gasteiger partial charge in [-0.2, -0.15) is 5.10 Å². The van der Waals surface area contributed by atoms with Crippen LogP contribution in [0.3, 0.4) is 0 Å². The van der Waals surface area contributed by atoms with Gasteiger partial charge in [-0.1, -0.05) is 0 Å². The number of piperazine rings is 1. The molecule has 4 nitrogen and oxygen atoms in total. The standard InChI is InChI=1S/C16H28N4/c1-5-20-10-13(8-18-20)9-19-12-15(2,3)17-11-16(19,4)14-6-7-14/h8,10,14,17H,5-7,9,11-12H2,1-4H3. The van der Waals surface area contributed by atoms with Crippen LogP contribution >= 0.6 is 0 Å². The van der Waals surface area contributed by atoms with Gasteiger partial charge in [-0.3, -0.25) is 9.58 Å². The predicted octanol–water partition coefficient (Wildman–Crippen LogP) is 2.26. The number of rotatable bonds is 4. The summed E-state index contributed by atoms with van der Waals surface area (Å²) in [5.41, 5.74) is 1.86. The average Bonchev–Trinajstić information content (AvgIpc) is 3.16. The Balaban J connectivity index is 1.78. The molecule has 0 spiro atoms. The highest BCUT2D eigenvalue weighted by atomic mass is 15.3. The van der Waals surface area contributed by atoms with Gasteiger partial charge in [0.15, 0.2) is 0 Å². The molecule has 2 fully saturated rings. The lowest BCUT2D eigenvalue weighted by atomic mass is 9.86. The highest BCUT2D eigenvalue weighted by Gasteiger charge is 2.49. The van der Waals surface area contributed by atoms with E-state index >= 15 is 0 Å². The first-order valence-corrected chi connectivity index (χ1v) is 7.94. The fourth-order valence-electron chi connectivity index (χ4n) is 3.47. The van der Waals surface area contributed by atoms with Crippen molar-refractivity contribution in [3.8, 4) is 0 Å². The summed E-state index contributed by atoms with van der Waals surface area (Å²) in [5, 5.41) is 8.16. The van der Waals surface area contributed by atoms with Gasteiger partial charge in [0, 0.05) is 49.0 Å². The number of aryl methyl sites for hydroxylation is 1. The van der Waals surface area contributed by atoms with Gasteiger partial charge in [0.05, 0.1) is 6.20 Å². The summed E-state index contributed by atoms with van der Waals surface area (Å²) < 4.78 is 2.02. The molecule has 0 amide bonds. The molecule has 0 aromatic carbocycles. The largest absolute Gasteiger partial charge is 0.309 e. The molecule has 1 aliphatic heterocycles. The molecule has 0 bridgehead atoms. The summed E-state index contributed by atoms with van der Waals surface area (Å²) >= 11 is 0. The Hall–Kier alpha value is -0.870. The van der Waals surface area contributed by atoms with Crippen LogP contribution in [0.2, 0.25) is 0 Å². The monoisotopic (exact) mass is 276 g/mol. The van der Waals surface area contributed by atoms with Gasteiger partial charge >= 0.3 is 0 Å². The predicted molar refractivity (Wildman–Crippen MR) is 81.5 cm³/mol. The summed E-state index contributed by atoms with van der Waals surface area (Å²) in [6.45, 7) is 13.4. The molecule has 1 N–H and O–H groups in total. The highest BCUT2D eigenvalue weighted by Crippen LogP contribution is 2.45. The van der Waals surface area contributed by atoms with E-state index in [1.54, 1.807) is 0 Å². The van der Waals surface area contributed by atoms with Gasteiger partial charge < -0.3 is 5.32 Å². The first-order valence-electron chi connectivity index (χ1n) is 7.94. The minimum absolute atomic E-state index is 0.204. The molecule has 1 saturated carbocycles. The third-order valence-electron chi connectivity index (χ3n) is 5.07. The molecule has 1 saturated heterocycles. The first-order chi connectivity index (χ1) is 9.43. The maximum atomic E-state index is 4.42. The zero-order valence-electron chi connectivity index (χ0n) is 13.3. The second kappa shape index (κ2) is 4.85. The van der Waals surface area contributed by atoms with E-state index in [-0.39, 0.29) is 5.54 Å². The summed E-state index contributed by atoms with van der Waals surface area (Å²) in [5.74, 6) is 0.868. The quantitative estimate of drug-likeness (QED) is 0.915. The molecular weight excluding hydrogens is 248 g/mol. The molecule has 1 atom stereocenters. The lowest BCUT2D eigenvalue weighted by molar-refractivity contribution is 0.00519. The van der Waals surface area contributed by atoms with Crippen molar-refractivity contribution < 1.29 is 0 Å². The van der Waals surface area contributed by atoms with Crippen LogP contribution < -0.4 is 5.32 Å². The van der Waals surface area contributed by atoms with E-state index in [9.17, 15) is 0 Å². The zero-order valence-corrected chi connectivity index (χ0v) is 13.3. The van der Waals surface area contributed by atoms with Crippen molar-refractivity contribution in [3.63, 3.8) is 0 Å². The molecule has 0 radical (unpaired) electrons. The van der Waals surface area contributed by atoms with Gasteiger partial charge in [0.2, 0.25) is 0 Å². The van der Waals surface area contributed by atoms with E-state index in [1.165, 1.54) is 18.4 Å². The van der Waals surface area contributed by atoms with Crippen molar-refractivity contribution in [2.24, 2.45) is 5.92 Å². The Labute approximate surface area is 122 Å². The van der Waals surface area contributed by atoms with E-state index in [2.05, 4.69) is 49.2 Å². The number of hydrogen-bond donors (Lipinski definition) is 1. The molecule has 1 aliphatic carbocycles. The second-order valence-electron chi connectivity index (χ2n) is 7.43. The fraction of sp³-hybridized carbons (Fsp3) is 0.812. The lowest BCUT2D eigenvalue weighted by Gasteiger charge is -2.51. The van der Waals surface area contributed by atoms with E-state index in [1.807, 2.05) is 10.9 Å². The van der Waals surface area contributed by atoms with Crippen LogP contribution in [0.1, 0.15) is 46.1 Å². The minimum Gasteiger partial charge on any atom is -0.309 e. The van der Waals surface area contributed by atoms with Gasteiger partial charge in [0.25, 0.3) is 0 Å². The normalized spacial score (nSPS) is 30.6. The van der Waals surface area contributed by atoms with Crippen LogP contribution in [0.4, 0.5) is 0 Å². The third kappa shape index (κ3) is 2.63. The number of nitrogens with one attached hydrogen (secondary N) is 1. The molecular formula is C16H28N4. The third-order valence-corrected chi connectivity index (χ3v) is 5.07. The molecule has 1 unspecified atom stereocenters. The molecule has 2 heterocycles. The van der Waals surface area contributed by atoms with Crippen molar-refractivity contribution in [2.45, 2.75) is 64.7 Å². The summed E-state index contributed by atoms with van der Waals surface area (Å²) in [7, 11) is 0. The molecule has 1 aromatic heterocycles. The van der Waals surface area contributed by atoms with Crippen molar-refractivity contribution in [3.05, 3.63) is 18.0 Å². The fourth-order valence-corrected chi connectivity index (χ4v) is 3.47. The Kier molecular flexibility index (Phi) is 3.41. The van der Waals surface area contributed by atoms with Crippen LogP contribution in [0.15, 0.2) is 12.4 Å². The number of aromatic nitrogens is 2. The first kappa shape index (κ1) is 14.1. The van der Waals surface area contributed by atoms with Crippen LogP contribution in [0.5, 0.6) is 0 Å². The van der Waals surface area contributed by atoms with E-state index < -0.39 is 0 Å². The smallest absolute Gasteiger partial charge is 0.0534 e. The maximum Gasteiger partial charge on any atom is 0.0534 e. The Bertz CT molecular complexity index is 475. The van der Waals surface area contributed by atoms with Crippen LogP contribution in [0.25, 0.3) is 0 Å².